The maximum absolute atomic E-state index is 14.4. The maximum atomic E-state index is 14.4. The molecule has 1 aliphatic rings. The summed E-state index contributed by atoms with van der Waals surface area (Å²) in [5, 5.41) is 7.00. The number of imidazole rings is 2. The SMILES string of the molecule is CCCN(Cc1c(C)nc2n(-c3c(C)cc(C)cc3C)c3ccc(F)cc3n12)CC1CC1.CO. The third-order valence-electron chi connectivity index (χ3n) is 6.76. The number of hydrogen-bond acceptors (Lipinski definition) is 3. The average Bonchev–Trinajstić information content (AvgIpc) is 3.48. The number of fused-ring (bicyclic) bond motifs is 3. The van der Waals surface area contributed by atoms with Gasteiger partial charge in [-0.3, -0.25) is 13.9 Å². The molecular formula is C28H37FN4O. The van der Waals surface area contributed by atoms with Crippen molar-refractivity contribution in [1.82, 2.24) is 18.9 Å². The van der Waals surface area contributed by atoms with Crippen LogP contribution in [-0.2, 0) is 6.54 Å². The fourth-order valence-electron chi connectivity index (χ4n) is 5.28. The van der Waals surface area contributed by atoms with Crippen molar-refractivity contribution in [2.45, 2.75) is 60.4 Å². The predicted octanol–water partition coefficient (Wildman–Crippen LogP) is 5.88. The Bertz CT molecular complexity index is 1290. The second-order valence-corrected chi connectivity index (χ2v) is 9.67. The molecule has 2 aromatic carbocycles. The lowest BCUT2D eigenvalue weighted by molar-refractivity contribution is 0.251. The van der Waals surface area contributed by atoms with Gasteiger partial charge in [0.2, 0.25) is 5.78 Å². The lowest BCUT2D eigenvalue weighted by Crippen LogP contribution is -2.27. The van der Waals surface area contributed by atoms with Gasteiger partial charge < -0.3 is 5.11 Å². The number of aryl methyl sites for hydroxylation is 4. The van der Waals surface area contributed by atoms with Gasteiger partial charge in [-0.15, -0.1) is 0 Å². The highest BCUT2D eigenvalue weighted by Gasteiger charge is 2.27. The number of nitrogens with zero attached hydrogens (tertiary/aromatic N) is 4. The number of aliphatic hydroxyl groups is 1. The first-order chi connectivity index (χ1) is 16.4. The molecule has 1 saturated carbocycles. The summed E-state index contributed by atoms with van der Waals surface area (Å²) in [6, 6.07) is 9.53. The number of benzene rings is 2. The summed E-state index contributed by atoms with van der Waals surface area (Å²) in [6.45, 7) is 13.8. The minimum atomic E-state index is -0.213. The molecule has 0 saturated heterocycles. The first kappa shape index (κ1) is 24.4. The highest BCUT2D eigenvalue weighted by atomic mass is 19.1. The van der Waals surface area contributed by atoms with Gasteiger partial charge >= 0.3 is 0 Å². The maximum Gasteiger partial charge on any atom is 0.220 e. The van der Waals surface area contributed by atoms with Crippen LogP contribution in [0.2, 0.25) is 0 Å². The third-order valence-corrected chi connectivity index (χ3v) is 6.76. The summed E-state index contributed by atoms with van der Waals surface area (Å²) in [4.78, 5) is 7.60. The van der Waals surface area contributed by atoms with E-state index in [1.165, 1.54) is 35.2 Å². The summed E-state index contributed by atoms with van der Waals surface area (Å²) >= 11 is 0. The molecular weight excluding hydrogens is 427 g/mol. The summed E-state index contributed by atoms with van der Waals surface area (Å²) in [5.41, 5.74) is 8.88. The Hall–Kier alpha value is -2.70. The Morgan fingerprint density at radius 1 is 1.03 bits per heavy atom. The van der Waals surface area contributed by atoms with Crippen LogP contribution < -0.4 is 0 Å². The number of aliphatic hydroxyl groups excluding tert-OH is 1. The number of hydrogen-bond donors (Lipinski definition) is 1. The molecule has 0 amide bonds. The van der Waals surface area contributed by atoms with E-state index in [-0.39, 0.29) is 5.82 Å². The van der Waals surface area contributed by atoms with Crippen molar-refractivity contribution in [1.29, 1.82) is 0 Å². The van der Waals surface area contributed by atoms with E-state index in [4.69, 9.17) is 10.1 Å². The molecule has 0 aliphatic heterocycles. The van der Waals surface area contributed by atoms with Gasteiger partial charge in [0.1, 0.15) is 5.82 Å². The quantitative estimate of drug-likeness (QED) is 0.371. The molecule has 0 unspecified atom stereocenters. The molecule has 0 atom stereocenters. The summed E-state index contributed by atoms with van der Waals surface area (Å²) in [5.74, 6) is 1.49. The third kappa shape index (κ3) is 4.49. The van der Waals surface area contributed by atoms with Crippen LogP contribution in [0.4, 0.5) is 4.39 Å². The van der Waals surface area contributed by atoms with Crippen LogP contribution in [0.5, 0.6) is 0 Å². The molecule has 34 heavy (non-hydrogen) atoms. The number of aromatic nitrogens is 3. The van der Waals surface area contributed by atoms with E-state index in [1.807, 2.05) is 6.07 Å². The van der Waals surface area contributed by atoms with Gasteiger partial charge in [0.25, 0.3) is 0 Å². The fraction of sp³-hybridized carbons (Fsp3) is 0.464. The first-order valence-corrected chi connectivity index (χ1v) is 12.3. The van der Waals surface area contributed by atoms with E-state index >= 15 is 0 Å². The Morgan fingerprint density at radius 3 is 2.32 bits per heavy atom. The Labute approximate surface area is 201 Å². The van der Waals surface area contributed by atoms with Crippen molar-refractivity contribution in [2.75, 3.05) is 20.2 Å². The molecule has 2 heterocycles. The predicted molar refractivity (Wildman–Crippen MR) is 137 cm³/mol. The Balaban J connectivity index is 0.00000133. The van der Waals surface area contributed by atoms with Gasteiger partial charge in [0.05, 0.1) is 28.1 Å². The van der Waals surface area contributed by atoms with Crippen molar-refractivity contribution in [3.05, 3.63) is 64.2 Å². The molecule has 1 fully saturated rings. The van der Waals surface area contributed by atoms with Crippen molar-refractivity contribution >= 4 is 16.8 Å². The molecule has 4 aromatic rings. The van der Waals surface area contributed by atoms with Crippen LogP contribution in [0.1, 0.15) is 54.3 Å². The monoisotopic (exact) mass is 464 g/mol. The second-order valence-electron chi connectivity index (χ2n) is 9.67. The zero-order chi connectivity index (χ0) is 24.6. The van der Waals surface area contributed by atoms with E-state index in [1.54, 1.807) is 12.1 Å². The van der Waals surface area contributed by atoms with Gasteiger partial charge in [-0.2, -0.15) is 0 Å². The molecule has 182 valence electrons. The lowest BCUT2D eigenvalue weighted by atomic mass is 10.0. The highest BCUT2D eigenvalue weighted by Crippen LogP contribution is 2.33. The van der Waals surface area contributed by atoms with Gasteiger partial charge in [-0.25, -0.2) is 9.37 Å². The Morgan fingerprint density at radius 2 is 1.71 bits per heavy atom. The molecule has 0 spiro atoms. The summed E-state index contributed by atoms with van der Waals surface area (Å²) < 4.78 is 18.9. The van der Waals surface area contributed by atoms with Crippen LogP contribution >= 0.6 is 0 Å². The minimum Gasteiger partial charge on any atom is -0.400 e. The van der Waals surface area contributed by atoms with Crippen LogP contribution in [0.3, 0.4) is 0 Å². The molecule has 6 heteroatoms. The van der Waals surface area contributed by atoms with Gasteiger partial charge in [0, 0.05) is 26.3 Å². The molecule has 0 bridgehead atoms. The average molecular weight is 465 g/mol. The molecule has 1 N–H and O–H groups in total. The zero-order valence-electron chi connectivity index (χ0n) is 21.3. The Kier molecular flexibility index (Phi) is 7.10. The topological polar surface area (TPSA) is 45.7 Å². The molecule has 5 nitrogen and oxygen atoms in total. The van der Waals surface area contributed by atoms with Gasteiger partial charge in [-0.1, -0.05) is 24.6 Å². The normalized spacial score (nSPS) is 13.7. The van der Waals surface area contributed by atoms with Crippen LogP contribution in [-0.4, -0.2) is 44.2 Å². The van der Waals surface area contributed by atoms with E-state index in [9.17, 15) is 4.39 Å². The molecule has 0 radical (unpaired) electrons. The van der Waals surface area contributed by atoms with Crippen molar-refractivity contribution < 1.29 is 9.50 Å². The standard InChI is InChI=1S/C27H33FN4.CH4O/c1-6-11-30(15-21-7-8-21)16-25-20(5)29-27-31(25)24-14-22(28)9-10-23(24)32(27)26-18(3)12-17(2)13-19(26)4;1-2/h9-10,12-14,21H,6-8,11,15-16H2,1-5H3;2H,1H3. The highest BCUT2D eigenvalue weighted by molar-refractivity contribution is 5.85. The smallest absolute Gasteiger partial charge is 0.220 e. The van der Waals surface area contributed by atoms with E-state index in [0.29, 0.717) is 0 Å². The van der Waals surface area contributed by atoms with Crippen LogP contribution in [0.25, 0.3) is 22.5 Å². The van der Waals surface area contributed by atoms with Crippen molar-refractivity contribution in [3.8, 4) is 5.69 Å². The van der Waals surface area contributed by atoms with E-state index < -0.39 is 0 Å². The largest absolute Gasteiger partial charge is 0.400 e. The lowest BCUT2D eigenvalue weighted by Gasteiger charge is -2.21. The zero-order valence-corrected chi connectivity index (χ0v) is 21.3. The number of rotatable bonds is 7. The van der Waals surface area contributed by atoms with Crippen LogP contribution in [0.15, 0.2) is 30.3 Å². The van der Waals surface area contributed by atoms with E-state index in [0.717, 1.165) is 67.3 Å². The van der Waals surface area contributed by atoms with Crippen molar-refractivity contribution in [2.24, 2.45) is 5.92 Å². The molecule has 1 aliphatic carbocycles. The molecule has 2 aromatic heterocycles. The van der Waals surface area contributed by atoms with E-state index in [2.05, 4.69) is 60.6 Å². The second kappa shape index (κ2) is 9.88. The summed E-state index contributed by atoms with van der Waals surface area (Å²) in [6.07, 6.45) is 3.82. The summed E-state index contributed by atoms with van der Waals surface area (Å²) in [7, 11) is 1.00. The first-order valence-electron chi connectivity index (χ1n) is 12.3. The number of halogens is 1. The van der Waals surface area contributed by atoms with Gasteiger partial charge in [-0.05, 0) is 82.7 Å². The van der Waals surface area contributed by atoms with Gasteiger partial charge in [0.15, 0.2) is 0 Å². The minimum absolute atomic E-state index is 0.213. The fourth-order valence-corrected chi connectivity index (χ4v) is 5.28. The van der Waals surface area contributed by atoms with Crippen molar-refractivity contribution in [3.63, 3.8) is 0 Å². The molecule has 5 rings (SSSR count). The van der Waals surface area contributed by atoms with Crippen LogP contribution in [0, 0.1) is 39.4 Å².